The standard InChI is InChI=1S/C17H16N2O3S.C4H4N2/c1-9-8-22-13-6-5-11(4-3-10(2)20)7-12(13)14-15(9)23-17(19-14)16(18)21;1-2-5-4-6-3-1/h5-7,9-10,20H,8H2,1-2H3,(H2,18,21);1-4H/t9-,10+;/m0./s1. The molecule has 3 N–H and O–H groups in total. The Balaban J connectivity index is 0.000000343. The minimum absolute atomic E-state index is 0.120. The molecule has 0 spiro atoms. The number of ether oxygens (including phenoxy) is 1. The average Bonchev–Trinajstić information content (AvgIpc) is 3.13. The van der Waals surface area contributed by atoms with Crippen LogP contribution in [0.15, 0.2) is 43.0 Å². The maximum atomic E-state index is 11.5. The number of benzene rings is 1. The number of rotatable bonds is 1. The van der Waals surface area contributed by atoms with Crippen molar-refractivity contribution in [1.29, 1.82) is 0 Å². The summed E-state index contributed by atoms with van der Waals surface area (Å²) in [7, 11) is 0. The molecule has 3 heterocycles. The molecule has 2 aromatic heterocycles. The zero-order chi connectivity index (χ0) is 20.8. The van der Waals surface area contributed by atoms with Crippen LogP contribution in [0.3, 0.4) is 0 Å². The van der Waals surface area contributed by atoms with Gasteiger partial charge in [0.25, 0.3) is 5.91 Å². The molecule has 1 aliphatic heterocycles. The predicted octanol–water partition coefficient (Wildman–Crippen LogP) is 2.61. The zero-order valence-electron chi connectivity index (χ0n) is 16.0. The molecule has 7 nitrogen and oxygen atoms in total. The Morgan fingerprint density at radius 3 is 2.72 bits per heavy atom. The molecular weight excluding hydrogens is 388 g/mol. The molecule has 2 atom stereocenters. The lowest BCUT2D eigenvalue weighted by atomic mass is 10.0. The van der Waals surface area contributed by atoms with Crippen LogP contribution in [-0.4, -0.2) is 38.7 Å². The lowest BCUT2D eigenvalue weighted by Gasteiger charge is -2.08. The second kappa shape index (κ2) is 9.28. The van der Waals surface area contributed by atoms with Crippen LogP contribution in [0.1, 0.15) is 40.0 Å². The van der Waals surface area contributed by atoms with Crippen molar-refractivity contribution in [3.8, 4) is 28.8 Å². The monoisotopic (exact) mass is 408 g/mol. The topological polar surface area (TPSA) is 111 Å². The van der Waals surface area contributed by atoms with Gasteiger partial charge in [0, 0.05) is 34.3 Å². The van der Waals surface area contributed by atoms with Crippen molar-refractivity contribution in [1.82, 2.24) is 15.0 Å². The fraction of sp³-hybridized carbons (Fsp3) is 0.238. The summed E-state index contributed by atoms with van der Waals surface area (Å²) >= 11 is 1.31. The Hall–Kier alpha value is -3.28. The van der Waals surface area contributed by atoms with Crippen LogP contribution in [0.2, 0.25) is 0 Å². The number of hydrogen-bond acceptors (Lipinski definition) is 7. The minimum Gasteiger partial charge on any atom is -0.492 e. The molecule has 3 aromatic rings. The lowest BCUT2D eigenvalue weighted by Crippen LogP contribution is -2.10. The number of nitrogens with zero attached hydrogens (tertiary/aromatic N) is 3. The normalized spacial score (nSPS) is 15.1. The van der Waals surface area contributed by atoms with Crippen LogP contribution in [0, 0.1) is 11.8 Å². The van der Waals surface area contributed by atoms with Gasteiger partial charge in [0.2, 0.25) is 0 Å². The molecule has 8 heteroatoms. The van der Waals surface area contributed by atoms with Crippen LogP contribution in [0.4, 0.5) is 0 Å². The van der Waals surface area contributed by atoms with E-state index in [2.05, 4.69) is 26.8 Å². The number of nitrogens with two attached hydrogens (primary N) is 1. The molecule has 0 fully saturated rings. The van der Waals surface area contributed by atoms with Crippen molar-refractivity contribution in [3.05, 3.63) is 58.4 Å². The highest BCUT2D eigenvalue weighted by molar-refractivity contribution is 7.14. The van der Waals surface area contributed by atoms with Crippen LogP contribution in [0.5, 0.6) is 5.75 Å². The number of aromatic nitrogens is 3. The minimum atomic E-state index is -0.693. The van der Waals surface area contributed by atoms with Crippen molar-refractivity contribution in [2.24, 2.45) is 5.73 Å². The van der Waals surface area contributed by atoms with Crippen molar-refractivity contribution in [3.63, 3.8) is 0 Å². The lowest BCUT2D eigenvalue weighted by molar-refractivity contribution is 0.1000. The maximum absolute atomic E-state index is 11.5. The molecule has 4 rings (SSSR count). The van der Waals surface area contributed by atoms with E-state index < -0.39 is 12.0 Å². The number of aliphatic hydroxyl groups is 1. The van der Waals surface area contributed by atoms with Crippen molar-refractivity contribution in [2.75, 3.05) is 6.61 Å². The zero-order valence-corrected chi connectivity index (χ0v) is 16.8. The van der Waals surface area contributed by atoms with Gasteiger partial charge in [-0.1, -0.05) is 18.8 Å². The van der Waals surface area contributed by atoms with Gasteiger partial charge < -0.3 is 15.6 Å². The van der Waals surface area contributed by atoms with Gasteiger partial charge in [-0.05, 0) is 31.2 Å². The second-order valence-corrected chi connectivity index (χ2v) is 7.40. The summed E-state index contributed by atoms with van der Waals surface area (Å²) < 4.78 is 5.84. The van der Waals surface area contributed by atoms with Gasteiger partial charge in [0.15, 0.2) is 5.01 Å². The van der Waals surface area contributed by atoms with Crippen LogP contribution in [-0.2, 0) is 0 Å². The third-order valence-corrected chi connectivity index (χ3v) is 5.24. The molecule has 0 radical (unpaired) electrons. The summed E-state index contributed by atoms with van der Waals surface area (Å²) in [5, 5.41) is 9.59. The maximum Gasteiger partial charge on any atom is 0.277 e. The smallest absolute Gasteiger partial charge is 0.277 e. The fourth-order valence-electron chi connectivity index (χ4n) is 2.61. The highest BCUT2D eigenvalue weighted by atomic mass is 32.1. The summed E-state index contributed by atoms with van der Waals surface area (Å²) in [6, 6.07) is 7.32. The number of carbonyl (C=O) groups excluding carboxylic acids is 1. The molecule has 29 heavy (non-hydrogen) atoms. The molecule has 0 bridgehead atoms. The predicted molar refractivity (Wildman–Crippen MR) is 111 cm³/mol. The summed E-state index contributed by atoms with van der Waals surface area (Å²) in [5.74, 6) is 5.93. The molecular formula is C21H20N4O3S. The molecule has 0 unspecified atom stereocenters. The van der Waals surface area contributed by atoms with Gasteiger partial charge >= 0.3 is 0 Å². The summed E-state index contributed by atoms with van der Waals surface area (Å²) in [6.45, 7) is 4.15. The van der Waals surface area contributed by atoms with Gasteiger partial charge in [0.05, 0.1) is 12.3 Å². The number of amides is 1. The van der Waals surface area contributed by atoms with Gasteiger partial charge in [-0.2, -0.15) is 0 Å². The Bertz CT molecular complexity index is 1030. The summed E-state index contributed by atoms with van der Waals surface area (Å²) in [5.41, 5.74) is 7.64. The molecule has 0 aliphatic carbocycles. The first kappa shape index (κ1) is 20.5. The number of carbonyl (C=O) groups is 1. The average molecular weight is 408 g/mol. The molecule has 148 valence electrons. The van der Waals surface area contributed by atoms with E-state index in [1.807, 2.05) is 25.1 Å². The highest BCUT2D eigenvalue weighted by Crippen LogP contribution is 2.41. The van der Waals surface area contributed by atoms with Crippen LogP contribution >= 0.6 is 11.3 Å². The first-order valence-electron chi connectivity index (χ1n) is 8.93. The van der Waals surface area contributed by atoms with Gasteiger partial charge in [0.1, 0.15) is 18.2 Å². The van der Waals surface area contributed by atoms with Crippen LogP contribution < -0.4 is 10.5 Å². The third kappa shape index (κ3) is 5.16. The number of thiazole rings is 1. The number of hydrogen-bond donors (Lipinski definition) is 2. The Morgan fingerprint density at radius 1 is 1.38 bits per heavy atom. The van der Waals surface area contributed by atoms with E-state index in [0.717, 1.165) is 21.7 Å². The Kier molecular flexibility index (Phi) is 6.54. The number of fused-ring (bicyclic) bond motifs is 3. The molecule has 0 saturated heterocycles. The largest absolute Gasteiger partial charge is 0.492 e. The highest BCUT2D eigenvalue weighted by Gasteiger charge is 2.26. The Morgan fingerprint density at radius 2 is 2.14 bits per heavy atom. The molecule has 1 aliphatic rings. The van der Waals surface area contributed by atoms with Gasteiger partial charge in [-0.25, -0.2) is 15.0 Å². The van der Waals surface area contributed by atoms with E-state index in [0.29, 0.717) is 17.4 Å². The SMILES string of the molecule is C[C@@H](O)C#Cc1ccc2c(c1)-c1nc(C(N)=O)sc1[C@@H](C)CO2.c1cncnc1. The molecule has 0 saturated carbocycles. The summed E-state index contributed by atoms with van der Waals surface area (Å²) in [6.07, 6.45) is 4.18. The Labute approximate surface area is 172 Å². The third-order valence-electron chi connectivity index (χ3n) is 3.94. The van der Waals surface area contributed by atoms with E-state index in [1.165, 1.54) is 17.7 Å². The van der Waals surface area contributed by atoms with Crippen LogP contribution in [0.25, 0.3) is 11.3 Å². The first-order valence-corrected chi connectivity index (χ1v) is 9.74. The molecule has 1 amide bonds. The second-order valence-electron chi connectivity index (χ2n) is 6.37. The van der Waals surface area contributed by atoms with E-state index in [4.69, 9.17) is 10.5 Å². The van der Waals surface area contributed by atoms with E-state index in [9.17, 15) is 9.90 Å². The van der Waals surface area contributed by atoms with Crippen molar-refractivity contribution < 1.29 is 14.6 Å². The first-order chi connectivity index (χ1) is 14.0. The van der Waals surface area contributed by atoms with Gasteiger partial charge in [-0.3, -0.25) is 4.79 Å². The molecule has 1 aromatic carbocycles. The number of aliphatic hydroxyl groups excluding tert-OH is 1. The van der Waals surface area contributed by atoms with E-state index in [-0.39, 0.29) is 5.92 Å². The van der Waals surface area contributed by atoms with E-state index >= 15 is 0 Å². The quantitative estimate of drug-likeness (QED) is 0.599. The number of primary amides is 1. The van der Waals surface area contributed by atoms with Crippen molar-refractivity contribution in [2.45, 2.75) is 25.9 Å². The summed E-state index contributed by atoms with van der Waals surface area (Å²) in [4.78, 5) is 24.2. The van der Waals surface area contributed by atoms with E-state index in [1.54, 1.807) is 25.4 Å². The van der Waals surface area contributed by atoms with Gasteiger partial charge in [-0.15, -0.1) is 11.3 Å². The van der Waals surface area contributed by atoms with Crippen molar-refractivity contribution >= 4 is 17.2 Å². The fourth-order valence-corrected chi connectivity index (χ4v) is 3.58.